The van der Waals surface area contributed by atoms with Crippen molar-refractivity contribution >= 4 is 11.3 Å². The molecule has 4 heteroatoms. The van der Waals surface area contributed by atoms with E-state index in [9.17, 15) is 0 Å². The number of aromatic nitrogens is 1. The van der Waals surface area contributed by atoms with Crippen LogP contribution in [0, 0.1) is 11.3 Å². The third-order valence-corrected chi connectivity index (χ3v) is 4.92. The molecule has 20 heavy (non-hydrogen) atoms. The van der Waals surface area contributed by atoms with Crippen molar-refractivity contribution in [3.63, 3.8) is 0 Å². The van der Waals surface area contributed by atoms with Crippen LogP contribution in [0.2, 0.25) is 0 Å². The topological polar surface area (TPSA) is 28.2 Å². The predicted octanol–water partition coefficient (Wildman–Crippen LogP) is 3.51. The maximum Gasteiger partial charge on any atom is 0.107 e. The molecule has 1 aliphatic heterocycles. The zero-order valence-electron chi connectivity index (χ0n) is 13.4. The van der Waals surface area contributed by atoms with E-state index in [1.54, 1.807) is 11.3 Å². The first kappa shape index (κ1) is 15.9. The molecule has 1 fully saturated rings. The van der Waals surface area contributed by atoms with Crippen molar-refractivity contribution in [1.82, 2.24) is 15.2 Å². The van der Waals surface area contributed by atoms with Gasteiger partial charge in [-0.25, -0.2) is 4.98 Å². The number of likely N-dealkylation sites (tertiary alicyclic amines) is 1. The summed E-state index contributed by atoms with van der Waals surface area (Å²) in [4.78, 5) is 7.30. The molecule has 1 aliphatic rings. The lowest BCUT2D eigenvalue weighted by Gasteiger charge is -2.36. The van der Waals surface area contributed by atoms with E-state index in [4.69, 9.17) is 4.98 Å². The van der Waals surface area contributed by atoms with Gasteiger partial charge in [-0.1, -0.05) is 27.7 Å². The van der Waals surface area contributed by atoms with E-state index in [1.165, 1.54) is 36.6 Å². The van der Waals surface area contributed by atoms with E-state index < -0.39 is 0 Å². The maximum atomic E-state index is 4.75. The lowest BCUT2D eigenvalue weighted by atomic mass is 9.83. The monoisotopic (exact) mass is 295 g/mol. The standard InChI is InChI=1S/C16H29N3S/c1-13(2)9-17-10-15-18-14(12-20-15)11-19-7-5-16(3,4)6-8-19/h12-13,17H,5-11H2,1-4H3. The number of hydrogen-bond donors (Lipinski definition) is 1. The second-order valence-corrected chi connectivity index (χ2v) is 8.14. The van der Waals surface area contributed by atoms with Crippen molar-refractivity contribution < 1.29 is 0 Å². The van der Waals surface area contributed by atoms with Crippen molar-refractivity contribution in [3.05, 3.63) is 16.1 Å². The van der Waals surface area contributed by atoms with Gasteiger partial charge in [0.25, 0.3) is 0 Å². The number of thiazole rings is 1. The van der Waals surface area contributed by atoms with E-state index in [1.807, 2.05) is 0 Å². The number of rotatable bonds is 6. The number of piperidine rings is 1. The van der Waals surface area contributed by atoms with Crippen LogP contribution in [0.5, 0.6) is 0 Å². The van der Waals surface area contributed by atoms with Crippen molar-refractivity contribution in [2.75, 3.05) is 19.6 Å². The molecule has 0 spiro atoms. The fourth-order valence-electron chi connectivity index (χ4n) is 2.52. The largest absolute Gasteiger partial charge is 0.310 e. The summed E-state index contributed by atoms with van der Waals surface area (Å²) in [5.41, 5.74) is 1.78. The molecular formula is C16H29N3S. The Hall–Kier alpha value is -0.450. The number of hydrogen-bond acceptors (Lipinski definition) is 4. The normalized spacial score (nSPS) is 19.6. The Morgan fingerprint density at radius 2 is 2.05 bits per heavy atom. The smallest absolute Gasteiger partial charge is 0.107 e. The quantitative estimate of drug-likeness (QED) is 0.870. The Morgan fingerprint density at radius 1 is 1.35 bits per heavy atom. The Bertz CT molecular complexity index is 402. The molecule has 1 N–H and O–H groups in total. The summed E-state index contributed by atoms with van der Waals surface area (Å²) in [6, 6.07) is 0. The second-order valence-electron chi connectivity index (χ2n) is 7.20. The van der Waals surface area contributed by atoms with Crippen molar-refractivity contribution in [1.29, 1.82) is 0 Å². The molecule has 0 radical (unpaired) electrons. The van der Waals surface area contributed by atoms with Crippen molar-refractivity contribution in [2.45, 2.75) is 53.6 Å². The molecule has 2 heterocycles. The first-order chi connectivity index (χ1) is 9.44. The van der Waals surface area contributed by atoms with Crippen LogP contribution in [0.3, 0.4) is 0 Å². The average molecular weight is 295 g/mol. The van der Waals surface area contributed by atoms with Crippen molar-refractivity contribution in [3.8, 4) is 0 Å². The lowest BCUT2D eigenvalue weighted by molar-refractivity contribution is 0.126. The highest BCUT2D eigenvalue weighted by molar-refractivity contribution is 7.09. The van der Waals surface area contributed by atoms with Gasteiger partial charge >= 0.3 is 0 Å². The van der Waals surface area contributed by atoms with Gasteiger partial charge < -0.3 is 5.32 Å². The molecule has 1 aromatic heterocycles. The minimum Gasteiger partial charge on any atom is -0.310 e. The minimum atomic E-state index is 0.532. The molecule has 114 valence electrons. The molecular weight excluding hydrogens is 266 g/mol. The maximum absolute atomic E-state index is 4.75. The molecule has 0 saturated carbocycles. The highest BCUT2D eigenvalue weighted by atomic mass is 32.1. The zero-order chi connectivity index (χ0) is 14.6. The van der Waals surface area contributed by atoms with Gasteiger partial charge in [-0.2, -0.15) is 0 Å². The SMILES string of the molecule is CC(C)CNCc1nc(CN2CCC(C)(C)CC2)cs1. The van der Waals surface area contributed by atoms with Gasteiger partial charge in [0.05, 0.1) is 5.69 Å². The highest BCUT2D eigenvalue weighted by Crippen LogP contribution is 2.30. The fraction of sp³-hybridized carbons (Fsp3) is 0.812. The third-order valence-electron chi connectivity index (χ3n) is 4.02. The van der Waals surface area contributed by atoms with Gasteiger partial charge in [-0.05, 0) is 43.8 Å². The van der Waals surface area contributed by atoms with Gasteiger partial charge in [0.1, 0.15) is 5.01 Å². The second kappa shape index (κ2) is 7.01. The Morgan fingerprint density at radius 3 is 2.70 bits per heavy atom. The van der Waals surface area contributed by atoms with Crippen LogP contribution in [0.1, 0.15) is 51.2 Å². The molecule has 2 rings (SSSR count). The van der Waals surface area contributed by atoms with Gasteiger partial charge in [0, 0.05) is 18.5 Å². The third kappa shape index (κ3) is 5.15. The molecule has 1 saturated heterocycles. The van der Waals surface area contributed by atoms with Crippen LogP contribution < -0.4 is 5.32 Å². The van der Waals surface area contributed by atoms with Crippen LogP contribution in [-0.4, -0.2) is 29.5 Å². The minimum absolute atomic E-state index is 0.532. The van der Waals surface area contributed by atoms with Crippen molar-refractivity contribution in [2.24, 2.45) is 11.3 Å². The van der Waals surface area contributed by atoms with E-state index in [0.29, 0.717) is 11.3 Å². The summed E-state index contributed by atoms with van der Waals surface area (Å²) < 4.78 is 0. The van der Waals surface area contributed by atoms with Crippen LogP contribution >= 0.6 is 11.3 Å². The molecule has 0 amide bonds. The van der Waals surface area contributed by atoms with Crippen LogP contribution in [-0.2, 0) is 13.1 Å². The fourth-order valence-corrected chi connectivity index (χ4v) is 3.27. The first-order valence-electron chi connectivity index (χ1n) is 7.81. The summed E-state index contributed by atoms with van der Waals surface area (Å²) >= 11 is 1.79. The Labute approximate surface area is 127 Å². The van der Waals surface area contributed by atoms with Crippen LogP contribution in [0.25, 0.3) is 0 Å². The zero-order valence-corrected chi connectivity index (χ0v) is 14.2. The van der Waals surface area contributed by atoms with E-state index >= 15 is 0 Å². The summed E-state index contributed by atoms with van der Waals surface area (Å²) in [6.45, 7) is 14.7. The predicted molar refractivity (Wildman–Crippen MR) is 87.0 cm³/mol. The lowest BCUT2D eigenvalue weighted by Crippen LogP contribution is -2.36. The van der Waals surface area contributed by atoms with E-state index in [-0.39, 0.29) is 0 Å². The number of nitrogens with one attached hydrogen (secondary N) is 1. The molecule has 1 aromatic rings. The van der Waals surface area contributed by atoms with E-state index in [2.05, 4.69) is 43.3 Å². The molecule has 0 bridgehead atoms. The van der Waals surface area contributed by atoms with Gasteiger partial charge in [-0.15, -0.1) is 11.3 Å². The first-order valence-corrected chi connectivity index (χ1v) is 8.69. The molecule has 0 atom stereocenters. The van der Waals surface area contributed by atoms with E-state index in [0.717, 1.165) is 19.6 Å². The van der Waals surface area contributed by atoms with Crippen LogP contribution in [0.15, 0.2) is 5.38 Å². The van der Waals surface area contributed by atoms with Gasteiger partial charge in [-0.3, -0.25) is 4.90 Å². The number of nitrogens with zero attached hydrogens (tertiary/aromatic N) is 2. The van der Waals surface area contributed by atoms with Gasteiger partial charge in [0.2, 0.25) is 0 Å². The Kier molecular flexibility index (Phi) is 5.58. The summed E-state index contributed by atoms with van der Waals surface area (Å²) in [6.07, 6.45) is 2.61. The van der Waals surface area contributed by atoms with Gasteiger partial charge in [0.15, 0.2) is 0 Å². The van der Waals surface area contributed by atoms with Crippen LogP contribution in [0.4, 0.5) is 0 Å². The average Bonchev–Trinajstić information content (AvgIpc) is 2.79. The molecule has 0 aromatic carbocycles. The summed E-state index contributed by atoms with van der Waals surface area (Å²) in [7, 11) is 0. The molecule has 0 unspecified atom stereocenters. The molecule has 3 nitrogen and oxygen atoms in total. The summed E-state index contributed by atoms with van der Waals surface area (Å²) in [5.74, 6) is 0.700. The molecule has 0 aliphatic carbocycles. The summed E-state index contributed by atoms with van der Waals surface area (Å²) in [5, 5.41) is 6.91. The highest BCUT2D eigenvalue weighted by Gasteiger charge is 2.25. The Balaban J connectivity index is 1.75.